The summed E-state index contributed by atoms with van der Waals surface area (Å²) in [4.78, 5) is 18.5. The fourth-order valence-corrected chi connectivity index (χ4v) is 5.38. The zero-order valence-electron chi connectivity index (χ0n) is 24.8. The van der Waals surface area contributed by atoms with E-state index in [2.05, 4.69) is 32.3 Å². The number of nitriles is 1. The lowest BCUT2D eigenvalue weighted by Gasteiger charge is -2.36. The Labute approximate surface area is 274 Å². The van der Waals surface area contributed by atoms with Crippen molar-refractivity contribution in [2.75, 3.05) is 11.9 Å². The van der Waals surface area contributed by atoms with E-state index in [1.807, 2.05) is 42.7 Å². The van der Waals surface area contributed by atoms with Crippen LogP contribution in [0.2, 0.25) is 0 Å². The molecule has 3 aromatic carbocycles. The molecule has 0 aliphatic carbocycles. The molecule has 0 bridgehead atoms. The average molecular weight is 698 g/mol. The first-order chi connectivity index (χ1) is 21.5. The number of para-hydroxylation sites is 1. The number of anilines is 1. The van der Waals surface area contributed by atoms with E-state index >= 15 is 0 Å². The SMILES string of the molecule is CC(C)CCN(Cc1ccccc1C(F)(F)F)N(C(=O)Cc1cncn1Cc1ccc(C#N)cc1)C(=S)Nc1ccccc1Br. The topological polar surface area (TPSA) is 77.2 Å². The minimum absolute atomic E-state index is 0.0262. The number of benzene rings is 3. The molecule has 0 aliphatic heterocycles. The summed E-state index contributed by atoms with van der Waals surface area (Å²) in [6.07, 6.45) is -0.888. The first-order valence-corrected chi connectivity index (χ1v) is 15.4. The van der Waals surface area contributed by atoms with E-state index < -0.39 is 17.6 Å². The predicted octanol–water partition coefficient (Wildman–Crippen LogP) is 7.82. The molecular weight excluding hydrogens is 665 g/mol. The van der Waals surface area contributed by atoms with Crippen LogP contribution in [0.5, 0.6) is 0 Å². The number of carbonyl (C=O) groups is 1. The maximum absolute atomic E-state index is 14.2. The van der Waals surface area contributed by atoms with Crippen LogP contribution in [0.15, 0.2) is 89.8 Å². The molecule has 1 N–H and O–H groups in total. The van der Waals surface area contributed by atoms with E-state index in [-0.39, 0.29) is 36.1 Å². The highest BCUT2D eigenvalue weighted by atomic mass is 79.9. The van der Waals surface area contributed by atoms with Crippen LogP contribution >= 0.6 is 28.1 Å². The van der Waals surface area contributed by atoms with E-state index in [1.54, 1.807) is 47.9 Å². The molecule has 0 unspecified atom stereocenters. The lowest BCUT2D eigenvalue weighted by molar-refractivity contribution is -0.141. The number of hydrazine groups is 1. The van der Waals surface area contributed by atoms with Crippen molar-refractivity contribution in [2.45, 2.75) is 46.0 Å². The quantitative estimate of drug-likeness (QED) is 0.127. The van der Waals surface area contributed by atoms with Gasteiger partial charge in [-0.1, -0.05) is 56.3 Å². The molecular formula is C33H32BrF3N6OS. The number of imidazole rings is 1. The summed E-state index contributed by atoms with van der Waals surface area (Å²) in [5.74, 6) is -0.227. The second kappa shape index (κ2) is 15.3. The normalized spacial score (nSPS) is 11.4. The first kappa shape index (κ1) is 33.8. The molecule has 0 atom stereocenters. The van der Waals surface area contributed by atoms with Gasteiger partial charge in [-0.2, -0.15) is 18.4 Å². The van der Waals surface area contributed by atoms with Crippen molar-refractivity contribution in [1.29, 1.82) is 5.26 Å². The maximum Gasteiger partial charge on any atom is 0.416 e. The van der Waals surface area contributed by atoms with Crippen LogP contribution in [-0.4, -0.2) is 37.1 Å². The molecule has 0 radical (unpaired) electrons. The zero-order valence-corrected chi connectivity index (χ0v) is 27.2. The Balaban J connectivity index is 1.69. The Morgan fingerprint density at radius 3 is 2.44 bits per heavy atom. The highest BCUT2D eigenvalue weighted by Crippen LogP contribution is 2.33. The van der Waals surface area contributed by atoms with Crippen molar-refractivity contribution in [2.24, 2.45) is 5.92 Å². The van der Waals surface area contributed by atoms with Gasteiger partial charge in [-0.15, -0.1) is 0 Å². The Hall–Kier alpha value is -4.05. The predicted molar refractivity (Wildman–Crippen MR) is 175 cm³/mol. The number of amides is 1. The number of nitrogens with one attached hydrogen (secondary N) is 1. The molecule has 234 valence electrons. The third-order valence-corrected chi connectivity index (χ3v) is 8.00. The molecule has 1 amide bonds. The van der Waals surface area contributed by atoms with Crippen molar-refractivity contribution in [1.82, 2.24) is 19.6 Å². The first-order valence-electron chi connectivity index (χ1n) is 14.2. The lowest BCUT2D eigenvalue weighted by Crippen LogP contribution is -2.52. The smallest absolute Gasteiger partial charge is 0.330 e. The molecule has 1 heterocycles. The van der Waals surface area contributed by atoms with Crippen LogP contribution in [0.3, 0.4) is 0 Å². The summed E-state index contributed by atoms with van der Waals surface area (Å²) in [6, 6.07) is 21.8. The Morgan fingerprint density at radius 1 is 1.09 bits per heavy atom. The highest BCUT2D eigenvalue weighted by Gasteiger charge is 2.35. The maximum atomic E-state index is 14.2. The van der Waals surface area contributed by atoms with Crippen LogP contribution in [0.25, 0.3) is 0 Å². The number of thiocarbonyl (C=S) groups is 1. The van der Waals surface area contributed by atoms with Crippen LogP contribution in [0.4, 0.5) is 18.9 Å². The van der Waals surface area contributed by atoms with Gasteiger partial charge in [0.1, 0.15) is 0 Å². The summed E-state index contributed by atoms with van der Waals surface area (Å²) < 4.78 is 44.6. The molecule has 45 heavy (non-hydrogen) atoms. The Morgan fingerprint density at radius 2 is 1.78 bits per heavy atom. The van der Waals surface area contributed by atoms with Crippen LogP contribution < -0.4 is 5.32 Å². The second-order valence-corrected chi connectivity index (χ2v) is 12.1. The van der Waals surface area contributed by atoms with Gasteiger partial charge in [0.15, 0.2) is 5.11 Å². The summed E-state index contributed by atoms with van der Waals surface area (Å²) in [7, 11) is 0. The van der Waals surface area contributed by atoms with E-state index in [0.717, 1.165) is 11.6 Å². The van der Waals surface area contributed by atoms with E-state index in [1.165, 1.54) is 17.1 Å². The van der Waals surface area contributed by atoms with Gasteiger partial charge in [-0.05, 0) is 81.9 Å². The van der Waals surface area contributed by atoms with Crippen LogP contribution in [0.1, 0.15) is 48.2 Å². The fourth-order valence-electron chi connectivity index (χ4n) is 4.67. The molecule has 0 saturated heterocycles. The average Bonchev–Trinajstić information content (AvgIpc) is 3.43. The van der Waals surface area contributed by atoms with Gasteiger partial charge < -0.3 is 9.88 Å². The van der Waals surface area contributed by atoms with Crippen molar-refractivity contribution in [3.8, 4) is 6.07 Å². The number of hydrogen-bond acceptors (Lipinski definition) is 5. The van der Waals surface area contributed by atoms with E-state index in [4.69, 9.17) is 17.5 Å². The largest absolute Gasteiger partial charge is 0.416 e. The lowest BCUT2D eigenvalue weighted by atomic mass is 10.1. The van der Waals surface area contributed by atoms with Gasteiger partial charge in [0, 0.05) is 36.0 Å². The molecule has 4 rings (SSSR count). The minimum atomic E-state index is -4.57. The molecule has 1 aromatic heterocycles. The summed E-state index contributed by atoms with van der Waals surface area (Å²) in [6.45, 7) is 4.50. The fraction of sp³-hybridized carbons (Fsp3) is 0.273. The summed E-state index contributed by atoms with van der Waals surface area (Å²) in [5, 5.41) is 15.1. The minimum Gasteiger partial charge on any atom is -0.330 e. The van der Waals surface area contributed by atoms with E-state index in [9.17, 15) is 18.0 Å². The summed E-state index contributed by atoms with van der Waals surface area (Å²) in [5.41, 5.74) is 1.91. The summed E-state index contributed by atoms with van der Waals surface area (Å²) >= 11 is 9.28. The van der Waals surface area contributed by atoms with Crippen LogP contribution in [0, 0.1) is 17.2 Å². The van der Waals surface area contributed by atoms with Gasteiger partial charge in [0.05, 0.1) is 35.6 Å². The molecule has 0 spiro atoms. The number of hydrogen-bond donors (Lipinski definition) is 1. The molecule has 0 aliphatic rings. The highest BCUT2D eigenvalue weighted by molar-refractivity contribution is 9.10. The van der Waals surface area contributed by atoms with Crippen molar-refractivity contribution in [3.05, 3.63) is 118 Å². The van der Waals surface area contributed by atoms with Gasteiger partial charge in [-0.3, -0.25) is 4.79 Å². The Bertz CT molecular complexity index is 1670. The zero-order chi connectivity index (χ0) is 32.6. The van der Waals surface area contributed by atoms with Crippen LogP contribution in [-0.2, 0) is 30.5 Å². The molecule has 0 fully saturated rings. The van der Waals surface area contributed by atoms with Gasteiger partial charge in [-0.25, -0.2) is 15.0 Å². The van der Waals surface area contributed by atoms with Gasteiger partial charge in [0.2, 0.25) is 5.91 Å². The number of halogens is 4. The molecule has 4 aromatic rings. The number of rotatable bonds is 11. The molecule has 12 heteroatoms. The molecule has 7 nitrogen and oxygen atoms in total. The second-order valence-electron chi connectivity index (χ2n) is 10.8. The number of alkyl halides is 3. The van der Waals surface area contributed by atoms with E-state index in [0.29, 0.717) is 34.4 Å². The van der Waals surface area contributed by atoms with Crippen molar-refractivity contribution in [3.63, 3.8) is 0 Å². The third-order valence-electron chi connectivity index (χ3n) is 7.03. The van der Waals surface area contributed by atoms with Crippen molar-refractivity contribution >= 4 is 44.9 Å². The van der Waals surface area contributed by atoms with Gasteiger partial charge in [0.25, 0.3) is 0 Å². The number of nitrogens with zero attached hydrogens (tertiary/aromatic N) is 5. The third kappa shape index (κ3) is 9.23. The van der Waals surface area contributed by atoms with Crippen molar-refractivity contribution < 1.29 is 18.0 Å². The number of aromatic nitrogens is 2. The Kier molecular flexibility index (Phi) is 11.5. The van der Waals surface area contributed by atoms with Gasteiger partial charge >= 0.3 is 6.18 Å². The standard InChI is InChI=1S/C33H32BrF3N6OS/c1-23(2)15-16-42(21-26-7-3-4-8-28(26)33(35,36)37)43(32(45)40-30-10-6-5-9-29(30)34)31(44)17-27-19-39-22-41(27)20-25-13-11-24(18-38)12-14-25/h3-14,19,22-23H,15-17,20-21H2,1-2H3,(H,40,45). The monoisotopic (exact) mass is 696 g/mol. The molecule has 0 saturated carbocycles. The number of carbonyl (C=O) groups excluding carboxylic acids is 1.